The molecule has 0 atom stereocenters. The van der Waals surface area contributed by atoms with Gasteiger partial charge in [0.2, 0.25) is 5.95 Å². The highest BCUT2D eigenvalue weighted by Crippen LogP contribution is 2.08. The van der Waals surface area contributed by atoms with Crippen LogP contribution >= 0.6 is 0 Å². The van der Waals surface area contributed by atoms with Crippen molar-refractivity contribution < 1.29 is 5.11 Å². The fourth-order valence-electron chi connectivity index (χ4n) is 1.22. The zero-order valence-corrected chi connectivity index (χ0v) is 8.23. The lowest BCUT2D eigenvalue weighted by Gasteiger charge is -1.99. The highest BCUT2D eigenvalue weighted by atomic mass is 16.2. The Labute approximate surface area is 86.1 Å². The number of nitrogens with one attached hydrogen (secondary N) is 2. The first-order valence-electron chi connectivity index (χ1n) is 4.52. The number of aromatic amines is 1. The first-order chi connectivity index (χ1) is 7.29. The number of rotatable bonds is 3. The summed E-state index contributed by atoms with van der Waals surface area (Å²) in [5.41, 5.74) is 1.45. The van der Waals surface area contributed by atoms with Crippen LogP contribution in [0.5, 0.6) is 0 Å². The summed E-state index contributed by atoms with van der Waals surface area (Å²) in [6.07, 6.45) is 4.21. The second-order valence-electron chi connectivity index (χ2n) is 3.02. The zero-order valence-electron chi connectivity index (χ0n) is 8.23. The summed E-state index contributed by atoms with van der Waals surface area (Å²) < 4.78 is 0. The molecule has 2 aromatic rings. The van der Waals surface area contributed by atoms with Crippen LogP contribution in [0.4, 0.5) is 5.95 Å². The standard InChI is InChI=1S/C9H11N5O/c1-6-12-7-5-11-9(10-3-2-4-15)14-8(7)13-6/h2,4-5,15H,3H2,1H3,(H2,10,11,12,13,14). The molecule has 0 bridgehead atoms. The van der Waals surface area contributed by atoms with Gasteiger partial charge in [-0.15, -0.1) is 0 Å². The molecule has 6 heteroatoms. The van der Waals surface area contributed by atoms with E-state index in [0.717, 1.165) is 17.6 Å². The van der Waals surface area contributed by atoms with E-state index in [1.165, 1.54) is 0 Å². The average Bonchev–Trinajstić information content (AvgIpc) is 2.57. The van der Waals surface area contributed by atoms with Gasteiger partial charge in [-0.3, -0.25) is 0 Å². The number of hydrogen-bond donors (Lipinski definition) is 3. The van der Waals surface area contributed by atoms with Crippen molar-refractivity contribution in [2.24, 2.45) is 0 Å². The Morgan fingerprint density at radius 2 is 2.40 bits per heavy atom. The average molecular weight is 205 g/mol. The van der Waals surface area contributed by atoms with Gasteiger partial charge in [-0.2, -0.15) is 4.98 Å². The third kappa shape index (κ3) is 2.04. The lowest BCUT2D eigenvalue weighted by molar-refractivity contribution is 0.472. The molecule has 0 spiro atoms. The molecule has 78 valence electrons. The Hall–Kier alpha value is -2.11. The monoisotopic (exact) mass is 205 g/mol. The summed E-state index contributed by atoms with van der Waals surface area (Å²) >= 11 is 0. The van der Waals surface area contributed by atoms with Gasteiger partial charge in [0.25, 0.3) is 0 Å². The Kier molecular flexibility index (Phi) is 2.49. The molecule has 0 saturated carbocycles. The smallest absolute Gasteiger partial charge is 0.225 e. The normalized spacial score (nSPS) is 11.3. The molecule has 3 N–H and O–H groups in total. The minimum atomic E-state index is 0.478. The second-order valence-corrected chi connectivity index (χ2v) is 3.02. The predicted molar refractivity (Wildman–Crippen MR) is 56.7 cm³/mol. The third-order valence-corrected chi connectivity index (χ3v) is 1.84. The maximum Gasteiger partial charge on any atom is 0.225 e. The number of aryl methyl sites for hydroxylation is 1. The third-order valence-electron chi connectivity index (χ3n) is 1.84. The SMILES string of the molecule is Cc1nc2nc(NCC=CO)ncc2[nH]1. The maximum absolute atomic E-state index is 8.44. The van der Waals surface area contributed by atoms with E-state index in [9.17, 15) is 0 Å². The molecular formula is C9H11N5O. The van der Waals surface area contributed by atoms with Crippen LogP contribution in [0.3, 0.4) is 0 Å². The van der Waals surface area contributed by atoms with Crippen molar-refractivity contribution in [2.45, 2.75) is 6.92 Å². The summed E-state index contributed by atoms with van der Waals surface area (Å²) in [5.74, 6) is 1.30. The van der Waals surface area contributed by atoms with Gasteiger partial charge in [0.05, 0.1) is 12.5 Å². The number of anilines is 1. The van der Waals surface area contributed by atoms with E-state index >= 15 is 0 Å². The number of H-pyrrole nitrogens is 1. The van der Waals surface area contributed by atoms with E-state index in [1.54, 1.807) is 12.3 Å². The highest BCUT2D eigenvalue weighted by molar-refractivity contribution is 5.70. The highest BCUT2D eigenvalue weighted by Gasteiger charge is 2.02. The van der Waals surface area contributed by atoms with Gasteiger partial charge in [-0.25, -0.2) is 9.97 Å². The molecule has 0 amide bonds. The van der Waals surface area contributed by atoms with Crippen molar-refractivity contribution in [1.29, 1.82) is 0 Å². The van der Waals surface area contributed by atoms with Gasteiger partial charge in [-0.05, 0) is 13.0 Å². The van der Waals surface area contributed by atoms with Gasteiger partial charge >= 0.3 is 0 Å². The van der Waals surface area contributed by atoms with Crippen LogP contribution in [0.2, 0.25) is 0 Å². The summed E-state index contributed by atoms with van der Waals surface area (Å²) in [6.45, 7) is 2.34. The summed E-state index contributed by atoms with van der Waals surface area (Å²) in [4.78, 5) is 15.5. The molecule has 2 aromatic heterocycles. The molecule has 15 heavy (non-hydrogen) atoms. The van der Waals surface area contributed by atoms with Crippen LogP contribution in [0.15, 0.2) is 18.5 Å². The number of aromatic nitrogens is 4. The van der Waals surface area contributed by atoms with Crippen LogP contribution in [-0.2, 0) is 0 Å². The first-order valence-corrected chi connectivity index (χ1v) is 4.52. The predicted octanol–water partition coefficient (Wildman–Crippen LogP) is 1.14. The lowest BCUT2D eigenvalue weighted by Crippen LogP contribution is -2.02. The van der Waals surface area contributed by atoms with Crippen molar-refractivity contribution in [2.75, 3.05) is 11.9 Å². The van der Waals surface area contributed by atoms with E-state index in [0.29, 0.717) is 18.1 Å². The summed E-state index contributed by atoms with van der Waals surface area (Å²) in [7, 11) is 0. The fourth-order valence-corrected chi connectivity index (χ4v) is 1.22. The molecule has 6 nitrogen and oxygen atoms in total. The minimum Gasteiger partial charge on any atom is -0.516 e. The largest absolute Gasteiger partial charge is 0.516 e. The van der Waals surface area contributed by atoms with Crippen LogP contribution in [0.1, 0.15) is 5.82 Å². The Balaban J connectivity index is 2.22. The molecule has 0 fully saturated rings. The van der Waals surface area contributed by atoms with E-state index < -0.39 is 0 Å². The molecule has 0 aliphatic heterocycles. The van der Waals surface area contributed by atoms with Crippen LogP contribution in [0, 0.1) is 6.92 Å². The zero-order chi connectivity index (χ0) is 10.7. The number of aliphatic hydroxyl groups is 1. The van der Waals surface area contributed by atoms with E-state index in [1.807, 2.05) is 6.92 Å². The van der Waals surface area contributed by atoms with Crippen molar-refractivity contribution in [3.8, 4) is 0 Å². The van der Waals surface area contributed by atoms with Crippen LogP contribution in [0.25, 0.3) is 11.2 Å². The van der Waals surface area contributed by atoms with Crippen molar-refractivity contribution in [3.63, 3.8) is 0 Å². The van der Waals surface area contributed by atoms with Gasteiger partial charge < -0.3 is 15.4 Å². The number of fused-ring (bicyclic) bond motifs is 1. The van der Waals surface area contributed by atoms with Gasteiger partial charge in [-0.1, -0.05) is 0 Å². The maximum atomic E-state index is 8.44. The summed E-state index contributed by atoms with van der Waals surface area (Å²) in [6, 6.07) is 0. The molecule has 2 heterocycles. The van der Waals surface area contributed by atoms with E-state index in [2.05, 4.69) is 25.3 Å². The first kappa shape index (κ1) is 9.45. The second kappa shape index (κ2) is 3.95. The molecule has 0 unspecified atom stereocenters. The van der Waals surface area contributed by atoms with Gasteiger partial charge in [0.1, 0.15) is 11.3 Å². The van der Waals surface area contributed by atoms with Gasteiger partial charge in [0.15, 0.2) is 5.65 Å². The molecule has 0 aromatic carbocycles. The number of nitrogens with zero attached hydrogens (tertiary/aromatic N) is 3. The van der Waals surface area contributed by atoms with Crippen molar-refractivity contribution in [1.82, 2.24) is 19.9 Å². The molecule has 2 rings (SSSR count). The topological polar surface area (TPSA) is 86.7 Å². The molecule has 0 saturated heterocycles. The fraction of sp³-hybridized carbons (Fsp3) is 0.222. The quantitative estimate of drug-likeness (QED) is 0.654. The van der Waals surface area contributed by atoms with Crippen molar-refractivity contribution >= 4 is 17.1 Å². The molecule has 0 radical (unpaired) electrons. The number of imidazole rings is 1. The van der Waals surface area contributed by atoms with Gasteiger partial charge in [0, 0.05) is 6.54 Å². The van der Waals surface area contributed by atoms with Crippen molar-refractivity contribution in [3.05, 3.63) is 24.4 Å². The number of hydrogen-bond acceptors (Lipinski definition) is 5. The lowest BCUT2D eigenvalue weighted by atomic mass is 10.5. The van der Waals surface area contributed by atoms with Crippen LogP contribution < -0.4 is 5.32 Å². The van der Waals surface area contributed by atoms with E-state index in [4.69, 9.17) is 5.11 Å². The number of aliphatic hydroxyl groups excluding tert-OH is 1. The molecule has 0 aliphatic rings. The Bertz CT molecular complexity index is 490. The Morgan fingerprint density at radius 3 is 3.20 bits per heavy atom. The molecular weight excluding hydrogens is 194 g/mol. The molecule has 0 aliphatic carbocycles. The summed E-state index contributed by atoms with van der Waals surface area (Å²) in [5, 5.41) is 11.4. The minimum absolute atomic E-state index is 0.478. The van der Waals surface area contributed by atoms with Crippen LogP contribution in [-0.4, -0.2) is 31.6 Å². The Morgan fingerprint density at radius 1 is 1.53 bits per heavy atom. The van der Waals surface area contributed by atoms with E-state index in [-0.39, 0.29) is 0 Å².